The van der Waals surface area contributed by atoms with E-state index >= 15 is 0 Å². The molecule has 0 saturated heterocycles. The van der Waals surface area contributed by atoms with Crippen molar-refractivity contribution in [3.63, 3.8) is 0 Å². The second-order valence-electron chi connectivity index (χ2n) is 13.7. The maximum absolute atomic E-state index is 9.98. The van der Waals surface area contributed by atoms with Gasteiger partial charge in [-0.15, -0.1) is 0 Å². The number of para-hydroxylation sites is 4. The van der Waals surface area contributed by atoms with Crippen LogP contribution in [0.25, 0.3) is 105 Å². The van der Waals surface area contributed by atoms with Crippen LogP contribution in [0.2, 0.25) is 0 Å². The van der Waals surface area contributed by atoms with E-state index in [1.807, 2.05) is 53.1 Å². The summed E-state index contributed by atoms with van der Waals surface area (Å²) in [4.78, 5) is 0. The second-order valence-corrected chi connectivity index (χ2v) is 13.7. The molecule has 0 spiro atoms. The molecule has 0 N–H and O–H groups in total. The van der Waals surface area contributed by atoms with Crippen molar-refractivity contribution in [2.75, 3.05) is 0 Å². The highest BCUT2D eigenvalue weighted by molar-refractivity contribution is 6.14. The van der Waals surface area contributed by atoms with Crippen LogP contribution < -0.4 is 0 Å². The van der Waals surface area contributed by atoms with E-state index < -0.39 is 95.7 Å². The van der Waals surface area contributed by atoms with Gasteiger partial charge in [0.15, 0.2) is 0 Å². The maximum atomic E-state index is 9.98. The average molecular weight is 742 g/mol. The Balaban J connectivity index is 1.16. The van der Waals surface area contributed by atoms with Gasteiger partial charge in [-0.3, -0.25) is 0 Å². The van der Waals surface area contributed by atoms with Crippen LogP contribution in [0.4, 0.5) is 0 Å². The molecule has 0 saturated carbocycles. The topological polar surface area (TPSA) is 14.8 Å². The Morgan fingerprint density at radius 2 is 0.772 bits per heavy atom. The number of aromatic nitrogens is 3. The fraction of sp³-hybridized carbons (Fsp3) is 0. The summed E-state index contributed by atoms with van der Waals surface area (Å²) in [5.74, 6) is 0. The molecule has 266 valence electrons. The van der Waals surface area contributed by atoms with Gasteiger partial charge in [0.05, 0.1) is 55.0 Å². The van der Waals surface area contributed by atoms with Crippen LogP contribution >= 0.6 is 0 Å². The summed E-state index contributed by atoms with van der Waals surface area (Å²) in [5.41, 5.74) is 3.40. The van der Waals surface area contributed by atoms with Crippen LogP contribution in [0.3, 0.4) is 0 Å². The van der Waals surface area contributed by atoms with Gasteiger partial charge < -0.3 is 13.7 Å². The Bertz CT molecular complexity index is 4420. The predicted octanol–water partition coefficient (Wildman–Crippen LogP) is 14.3. The summed E-state index contributed by atoms with van der Waals surface area (Å²) in [6, 6.07) is 26.7. The summed E-state index contributed by atoms with van der Waals surface area (Å²) in [6.45, 7) is 0. The number of benzene rings is 9. The number of fused-ring (bicyclic) bond motifs is 9. The molecule has 0 unspecified atom stereocenters. The van der Waals surface area contributed by atoms with Gasteiger partial charge in [0.2, 0.25) is 0 Å². The summed E-state index contributed by atoms with van der Waals surface area (Å²) in [7, 11) is 0. The fourth-order valence-electron chi connectivity index (χ4n) is 8.08. The van der Waals surface area contributed by atoms with E-state index in [1.165, 1.54) is 9.13 Å². The van der Waals surface area contributed by atoms with Crippen molar-refractivity contribution in [3.05, 3.63) is 212 Å². The first-order chi connectivity index (χ1) is 34.9. The molecule has 0 bridgehead atoms. The molecule has 0 radical (unpaired) electrons. The molecule has 3 heteroatoms. The molecular weight excluding hydrogens is 691 g/mol. The minimum atomic E-state index is -0.646. The standard InChI is InChI=1S/C54H35N3/c1-3-13-36(14-4-1)37-23-27-41(28-24-37)56-49-20-10-7-17-43(49)46-33-38(25-30-52(46)56)39-26-31-53-47(34-39)44-18-8-12-22-51(44)57(53)42-29-32-54-48(35-42)45-19-9-11-21-50(45)55(54)40-15-5-2-6-16-40/h1-35H/i1D,2D,7D,8D,10D,12D,17D,18D,20D,22D,25D,26D,30D,31D,33D,34D. The minimum absolute atomic E-state index is 0.0791. The lowest BCUT2D eigenvalue weighted by Crippen LogP contribution is -1.95. The number of nitrogens with zero attached hydrogens (tertiary/aromatic N) is 3. The van der Waals surface area contributed by atoms with Gasteiger partial charge in [-0.2, -0.15) is 0 Å². The van der Waals surface area contributed by atoms with E-state index in [0.717, 1.165) is 38.6 Å². The van der Waals surface area contributed by atoms with Crippen molar-refractivity contribution in [3.8, 4) is 39.3 Å². The molecule has 0 fully saturated rings. The maximum Gasteiger partial charge on any atom is 0.0645 e. The zero-order valence-corrected chi connectivity index (χ0v) is 29.8. The van der Waals surface area contributed by atoms with E-state index in [1.54, 1.807) is 66.7 Å². The molecule has 0 atom stereocenters. The average Bonchev–Trinajstić information content (AvgIpc) is 4.07. The molecule has 0 aliphatic heterocycles. The first-order valence-corrected chi connectivity index (χ1v) is 18.3. The SMILES string of the molecule is [2H]c1ccc(-c2ccc(-n3c4c([2H])c([2H])c([2H])c([2H])c4c4c([2H])c(-c5c([2H])c([2H])c6c(c5[2H])c5c([2H])c([2H])c([2H])c([2H])c5n6-c5ccc6c(c5)c5ccccc5n6-c5ccc([2H])cc5)c([2H])c([2H])c43)cc2)cc1. The van der Waals surface area contributed by atoms with Crippen molar-refractivity contribution < 1.29 is 21.9 Å². The molecule has 0 amide bonds. The van der Waals surface area contributed by atoms with Crippen molar-refractivity contribution >= 4 is 65.4 Å². The largest absolute Gasteiger partial charge is 0.309 e. The fourth-order valence-corrected chi connectivity index (χ4v) is 8.08. The van der Waals surface area contributed by atoms with Gasteiger partial charge >= 0.3 is 0 Å². The smallest absolute Gasteiger partial charge is 0.0645 e. The van der Waals surface area contributed by atoms with Gasteiger partial charge in [-0.25, -0.2) is 0 Å². The van der Waals surface area contributed by atoms with Gasteiger partial charge in [-0.1, -0.05) is 127 Å². The van der Waals surface area contributed by atoms with Crippen molar-refractivity contribution in [1.82, 2.24) is 13.7 Å². The van der Waals surface area contributed by atoms with Crippen LogP contribution in [-0.2, 0) is 0 Å². The molecular formula is C54H35N3. The van der Waals surface area contributed by atoms with Crippen LogP contribution in [0.5, 0.6) is 0 Å². The summed E-state index contributed by atoms with van der Waals surface area (Å²) < 4.78 is 151. The third-order valence-corrected chi connectivity index (χ3v) is 10.6. The Morgan fingerprint density at radius 3 is 1.44 bits per heavy atom. The molecule has 3 aromatic heterocycles. The third-order valence-electron chi connectivity index (χ3n) is 10.6. The van der Waals surface area contributed by atoms with E-state index in [2.05, 4.69) is 0 Å². The van der Waals surface area contributed by atoms with E-state index in [0.29, 0.717) is 23.5 Å². The predicted molar refractivity (Wildman–Crippen MR) is 240 cm³/mol. The zero-order valence-electron chi connectivity index (χ0n) is 45.8. The molecule has 0 aliphatic rings. The quantitative estimate of drug-likeness (QED) is 0.167. The lowest BCUT2D eigenvalue weighted by atomic mass is 10.0. The molecule has 12 rings (SSSR count). The molecule has 9 aromatic carbocycles. The molecule has 12 aromatic rings. The van der Waals surface area contributed by atoms with Crippen molar-refractivity contribution in [2.45, 2.75) is 0 Å². The second kappa shape index (κ2) is 12.5. The Kier molecular flexibility index (Phi) is 4.33. The summed E-state index contributed by atoms with van der Waals surface area (Å²) >= 11 is 0. The minimum Gasteiger partial charge on any atom is -0.309 e. The Hall–Kier alpha value is -7.62. The zero-order chi connectivity index (χ0) is 51.4. The van der Waals surface area contributed by atoms with E-state index in [9.17, 15) is 12.3 Å². The monoisotopic (exact) mass is 741 g/mol. The van der Waals surface area contributed by atoms with Crippen LogP contribution in [-0.4, -0.2) is 13.7 Å². The first kappa shape index (κ1) is 19.8. The summed E-state index contributed by atoms with van der Waals surface area (Å²) in [5, 5.41) is 0.959. The number of hydrogen-bond donors (Lipinski definition) is 0. The van der Waals surface area contributed by atoms with Gasteiger partial charge in [0.1, 0.15) is 0 Å². The molecule has 57 heavy (non-hydrogen) atoms. The van der Waals surface area contributed by atoms with Gasteiger partial charge in [0.25, 0.3) is 0 Å². The van der Waals surface area contributed by atoms with Gasteiger partial charge in [0, 0.05) is 49.4 Å². The highest BCUT2D eigenvalue weighted by Gasteiger charge is 2.18. The van der Waals surface area contributed by atoms with Crippen LogP contribution in [0, 0.1) is 0 Å². The highest BCUT2D eigenvalue weighted by Crippen LogP contribution is 2.40. The molecule has 3 heterocycles. The van der Waals surface area contributed by atoms with Crippen LogP contribution in [0.1, 0.15) is 21.9 Å². The first-order valence-electron chi connectivity index (χ1n) is 26.3. The van der Waals surface area contributed by atoms with Gasteiger partial charge in [-0.05, 0) is 107 Å². The lowest BCUT2D eigenvalue weighted by molar-refractivity contribution is 1.17. The molecule has 0 aliphatic carbocycles. The summed E-state index contributed by atoms with van der Waals surface area (Å²) in [6.07, 6.45) is 0. The lowest BCUT2D eigenvalue weighted by Gasteiger charge is -2.11. The number of rotatable bonds is 5. The van der Waals surface area contributed by atoms with Crippen LogP contribution in [0.15, 0.2) is 212 Å². The Labute approximate surface area is 352 Å². The number of hydrogen-bond acceptors (Lipinski definition) is 0. The van der Waals surface area contributed by atoms with Crippen molar-refractivity contribution in [2.24, 2.45) is 0 Å². The Morgan fingerprint density at radius 1 is 0.281 bits per heavy atom. The highest BCUT2D eigenvalue weighted by atomic mass is 15.0. The molecule has 3 nitrogen and oxygen atoms in total. The van der Waals surface area contributed by atoms with E-state index in [4.69, 9.17) is 9.60 Å². The van der Waals surface area contributed by atoms with E-state index in [-0.39, 0.29) is 43.6 Å². The normalized spacial score (nSPS) is 15.8. The third kappa shape index (κ3) is 4.86. The van der Waals surface area contributed by atoms with Crippen molar-refractivity contribution in [1.29, 1.82) is 0 Å².